The maximum atomic E-state index is 12.9. The maximum absolute atomic E-state index is 12.9. The van der Waals surface area contributed by atoms with Crippen molar-refractivity contribution in [2.75, 3.05) is 25.6 Å². The molecular weight excluding hydrogens is 701 g/mol. The molecule has 0 atom stereocenters. The van der Waals surface area contributed by atoms with Crippen molar-refractivity contribution in [1.29, 1.82) is 0 Å². The number of hydrogen-bond acceptors (Lipinski definition) is 8. The first-order chi connectivity index (χ1) is 25.9. The Kier molecular flexibility index (Phi) is 17.1. The molecular formula is C45H42O6S2. The van der Waals surface area contributed by atoms with E-state index in [1.165, 1.54) is 35.7 Å². The van der Waals surface area contributed by atoms with Gasteiger partial charge in [-0.1, -0.05) is 55.5 Å². The first-order valence-electron chi connectivity index (χ1n) is 17.4. The molecule has 0 spiro atoms. The van der Waals surface area contributed by atoms with Crippen LogP contribution in [0, 0.1) is 23.7 Å². The van der Waals surface area contributed by atoms with Gasteiger partial charge in [0.1, 0.15) is 11.5 Å². The van der Waals surface area contributed by atoms with Crippen LogP contribution in [0.3, 0.4) is 0 Å². The molecule has 0 unspecified atom stereocenters. The van der Waals surface area contributed by atoms with E-state index in [1.807, 2.05) is 78.9 Å². The molecule has 0 aliphatic rings. The highest BCUT2D eigenvalue weighted by Gasteiger charge is 2.09. The summed E-state index contributed by atoms with van der Waals surface area (Å²) in [7, 11) is 0. The molecule has 53 heavy (non-hydrogen) atoms. The molecule has 0 fully saturated rings. The Labute approximate surface area is 321 Å². The highest BCUT2D eigenvalue weighted by molar-refractivity contribution is 8.14. The van der Waals surface area contributed by atoms with Gasteiger partial charge in [0.15, 0.2) is 0 Å². The summed E-state index contributed by atoms with van der Waals surface area (Å²) >= 11 is 2.37. The maximum Gasteiger partial charge on any atom is 0.330 e. The molecule has 8 heteroatoms. The summed E-state index contributed by atoms with van der Waals surface area (Å²) in [6, 6.07) is 28.5. The summed E-state index contributed by atoms with van der Waals surface area (Å²) < 4.78 is 16.7. The van der Waals surface area contributed by atoms with Crippen molar-refractivity contribution in [2.45, 2.75) is 43.9 Å². The molecule has 4 aromatic rings. The van der Waals surface area contributed by atoms with E-state index in [2.05, 4.69) is 43.8 Å². The lowest BCUT2D eigenvalue weighted by Crippen LogP contribution is -2.04. The number of carbonyl (C=O) groups is 3. The fraction of sp³-hybridized carbons (Fsp3) is 0.222. The number of ether oxygens (including phenoxy) is 3. The third-order valence-electron chi connectivity index (χ3n) is 7.65. The lowest BCUT2D eigenvalue weighted by atomic mass is 10.1. The van der Waals surface area contributed by atoms with Gasteiger partial charge >= 0.3 is 5.97 Å². The summed E-state index contributed by atoms with van der Waals surface area (Å²) in [5.74, 6) is 14.6. The van der Waals surface area contributed by atoms with Crippen molar-refractivity contribution in [3.8, 4) is 35.2 Å². The second-order valence-corrected chi connectivity index (χ2v) is 13.7. The third-order valence-corrected chi connectivity index (χ3v) is 9.40. The van der Waals surface area contributed by atoms with E-state index in [0.717, 1.165) is 76.3 Å². The van der Waals surface area contributed by atoms with Crippen LogP contribution in [0.4, 0.5) is 0 Å². The minimum Gasteiger partial charge on any atom is -0.494 e. The largest absolute Gasteiger partial charge is 0.494 e. The lowest BCUT2D eigenvalue weighted by molar-refractivity contribution is -0.137. The molecule has 0 bridgehead atoms. The highest BCUT2D eigenvalue weighted by atomic mass is 32.2. The van der Waals surface area contributed by atoms with Gasteiger partial charge in [0.05, 0.1) is 19.8 Å². The van der Waals surface area contributed by atoms with Crippen molar-refractivity contribution < 1.29 is 28.6 Å². The molecule has 0 aliphatic heterocycles. The van der Waals surface area contributed by atoms with Crippen molar-refractivity contribution in [1.82, 2.24) is 0 Å². The Morgan fingerprint density at radius 2 is 1.25 bits per heavy atom. The van der Waals surface area contributed by atoms with Gasteiger partial charge < -0.3 is 14.2 Å². The lowest BCUT2D eigenvalue weighted by Gasteiger charge is -2.10. The molecule has 6 nitrogen and oxygen atoms in total. The predicted octanol–water partition coefficient (Wildman–Crippen LogP) is 9.47. The van der Waals surface area contributed by atoms with Crippen molar-refractivity contribution in [3.63, 3.8) is 0 Å². The summed E-state index contributed by atoms with van der Waals surface area (Å²) in [6.07, 6.45) is 6.97. The van der Waals surface area contributed by atoms with Crippen LogP contribution < -0.4 is 9.47 Å². The van der Waals surface area contributed by atoms with Crippen LogP contribution in [-0.2, 0) is 20.7 Å². The predicted molar refractivity (Wildman–Crippen MR) is 216 cm³/mol. The van der Waals surface area contributed by atoms with Gasteiger partial charge in [0, 0.05) is 44.5 Å². The molecule has 0 N–H and O–H groups in total. The van der Waals surface area contributed by atoms with Crippen LogP contribution in [0.25, 0.3) is 0 Å². The van der Waals surface area contributed by atoms with E-state index in [0.29, 0.717) is 31.1 Å². The Hall–Kier alpha value is -5.41. The molecule has 270 valence electrons. The van der Waals surface area contributed by atoms with Crippen LogP contribution in [0.5, 0.6) is 11.5 Å². The smallest absolute Gasteiger partial charge is 0.330 e. The summed E-state index contributed by atoms with van der Waals surface area (Å²) in [4.78, 5) is 36.1. The van der Waals surface area contributed by atoms with Gasteiger partial charge in [0.2, 0.25) is 10.2 Å². The van der Waals surface area contributed by atoms with Gasteiger partial charge in [-0.05, 0) is 147 Å². The Morgan fingerprint density at radius 1 is 0.660 bits per heavy atom. The number of benzene rings is 4. The zero-order valence-electron chi connectivity index (χ0n) is 29.9. The Balaban J connectivity index is 1.21. The monoisotopic (exact) mass is 742 g/mol. The third kappa shape index (κ3) is 14.6. The zero-order valence-corrected chi connectivity index (χ0v) is 31.5. The zero-order chi connectivity index (χ0) is 37.7. The molecule has 4 rings (SSSR count). The van der Waals surface area contributed by atoms with E-state index in [9.17, 15) is 14.4 Å². The standard InChI is InChI=1S/C45H42O6S2/c1-4-38-33-37(21-28-42(38)50-31-32-52-44(47)6-3)18-17-35-13-11-34(12-14-35)15-16-36-19-22-39(23-20-36)45(48)53-41-26-24-40(25-27-41)49-29-9-7-8-10-30-51-43(46)5-2/h5-6,11-14,19-28,33H,2-4,7-10,29-32H2,1H3. The second kappa shape index (κ2) is 22.5. The highest BCUT2D eigenvalue weighted by Crippen LogP contribution is 2.26. The number of aryl methyl sites for hydroxylation is 1. The normalized spacial score (nSPS) is 10.1. The van der Waals surface area contributed by atoms with Crippen LogP contribution in [0.15, 0.2) is 121 Å². The molecule has 0 amide bonds. The van der Waals surface area contributed by atoms with Gasteiger partial charge in [-0.25, -0.2) is 4.79 Å². The average molecular weight is 743 g/mol. The quantitative estimate of drug-likeness (QED) is 0.0348. The molecule has 0 aliphatic carbocycles. The number of rotatable bonds is 17. The van der Waals surface area contributed by atoms with Crippen molar-refractivity contribution in [3.05, 3.63) is 150 Å². The first kappa shape index (κ1) is 40.4. The summed E-state index contributed by atoms with van der Waals surface area (Å²) in [6.45, 7) is 10.4. The molecule has 0 saturated carbocycles. The van der Waals surface area contributed by atoms with Crippen molar-refractivity contribution in [2.24, 2.45) is 0 Å². The Morgan fingerprint density at radius 3 is 1.85 bits per heavy atom. The van der Waals surface area contributed by atoms with E-state index in [1.54, 1.807) is 12.1 Å². The Bertz CT molecular complexity index is 1980. The van der Waals surface area contributed by atoms with Gasteiger partial charge in [0.25, 0.3) is 0 Å². The number of esters is 1. The van der Waals surface area contributed by atoms with Crippen LogP contribution in [0.2, 0.25) is 0 Å². The number of carbonyl (C=O) groups excluding carboxylic acids is 3. The first-order valence-corrected chi connectivity index (χ1v) is 19.2. The van der Waals surface area contributed by atoms with E-state index in [-0.39, 0.29) is 16.2 Å². The fourth-order valence-electron chi connectivity index (χ4n) is 4.79. The average Bonchev–Trinajstić information content (AvgIpc) is 3.20. The van der Waals surface area contributed by atoms with Crippen molar-refractivity contribution >= 4 is 39.7 Å². The van der Waals surface area contributed by atoms with Gasteiger partial charge in [-0.2, -0.15) is 0 Å². The second-order valence-electron chi connectivity index (χ2n) is 11.5. The number of thioether (sulfide) groups is 2. The van der Waals surface area contributed by atoms with Crippen LogP contribution in [0.1, 0.15) is 70.8 Å². The topological polar surface area (TPSA) is 78.9 Å². The molecule has 4 aromatic carbocycles. The summed E-state index contributed by atoms with van der Waals surface area (Å²) in [5.41, 5.74) is 5.14. The van der Waals surface area contributed by atoms with Gasteiger partial charge in [-0.3, -0.25) is 9.59 Å². The number of hydrogen-bond donors (Lipinski definition) is 0. The van der Waals surface area contributed by atoms with E-state index < -0.39 is 0 Å². The molecule has 0 heterocycles. The van der Waals surface area contributed by atoms with Crippen LogP contribution >= 0.6 is 23.5 Å². The summed E-state index contributed by atoms with van der Waals surface area (Å²) in [5, 5.41) is -0.100. The number of unbranched alkanes of at least 4 members (excludes halogenated alkanes) is 3. The van der Waals surface area contributed by atoms with E-state index in [4.69, 9.17) is 14.2 Å². The minimum atomic E-state index is -0.386. The molecule has 0 aromatic heterocycles. The SMILES string of the molecule is C=CC(=O)OCCCCCCOc1ccc(SC(=O)c2ccc(C#Cc3ccc(C#Cc4ccc(OCCSC(=O)C=C)c(CC)c4)cc3)cc2)cc1. The minimum absolute atomic E-state index is 0.0447. The molecule has 0 radical (unpaired) electrons. The fourth-order valence-corrected chi connectivity index (χ4v) is 6.02. The van der Waals surface area contributed by atoms with E-state index >= 15 is 0 Å². The van der Waals surface area contributed by atoms with Gasteiger partial charge in [-0.15, -0.1) is 0 Å². The molecule has 0 saturated heterocycles. The van der Waals surface area contributed by atoms with Crippen LogP contribution in [-0.4, -0.2) is 41.8 Å².